The van der Waals surface area contributed by atoms with Crippen molar-refractivity contribution in [2.75, 3.05) is 11.9 Å². The number of nitrogens with one attached hydrogen (secondary N) is 1. The van der Waals surface area contributed by atoms with Gasteiger partial charge in [-0.1, -0.05) is 30.2 Å². The first-order valence-corrected chi connectivity index (χ1v) is 8.50. The number of anilines is 1. The highest BCUT2D eigenvalue weighted by Gasteiger charge is 2.27. The molecule has 0 radical (unpaired) electrons. The van der Waals surface area contributed by atoms with Crippen LogP contribution in [0.2, 0.25) is 0 Å². The molecular formula is C22H16N2O3. The first kappa shape index (κ1) is 16.7. The second-order valence-electron chi connectivity index (χ2n) is 5.90. The van der Waals surface area contributed by atoms with Gasteiger partial charge in [0.15, 0.2) is 11.5 Å². The molecule has 0 spiro atoms. The van der Waals surface area contributed by atoms with Gasteiger partial charge in [-0.3, -0.25) is 4.79 Å². The van der Waals surface area contributed by atoms with Crippen LogP contribution in [-0.4, -0.2) is 23.6 Å². The van der Waals surface area contributed by atoms with Crippen molar-refractivity contribution in [3.05, 3.63) is 84.2 Å². The molecule has 0 saturated carbocycles. The number of ether oxygens (including phenoxy) is 2. The van der Waals surface area contributed by atoms with Crippen LogP contribution in [0.4, 0.5) is 5.69 Å². The van der Waals surface area contributed by atoms with Gasteiger partial charge in [0.05, 0.1) is 0 Å². The normalized spacial score (nSPS) is 14.6. The number of benzene rings is 2. The van der Waals surface area contributed by atoms with Crippen LogP contribution in [-0.2, 0) is 4.79 Å². The molecule has 0 saturated heterocycles. The second-order valence-corrected chi connectivity index (χ2v) is 5.90. The predicted octanol–water partition coefficient (Wildman–Crippen LogP) is 3.26. The standard InChI is InChI=1S/C22H16N2O3/c25-22(21-15-26-19-9-1-2-10-20(19)27-21)24-18-8-5-6-16(14-18)11-12-17-7-3-4-13-23-17/h1-10,13-14,21H,15H2,(H,24,25). The maximum atomic E-state index is 12.5. The van der Waals surface area contributed by atoms with Crippen molar-refractivity contribution in [2.24, 2.45) is 0 Å². The van der Waals surface area contributed by atoms with E-state index in [1.807, 2.05) is 60.7 Å². The summed E-state index contributed by atoms with van der Waals surface area (Å²) in [5, 5.41) is 2.85. The number of fused-ring (bicyclic) bond motifs is 1. The highest BCUT2D eigenvalue weighted by atomic mass is 16.6. The minimum atomic E-state index is -0.705. The van der Waals surface area contributed by atoms with Gasteiger partial charge in [0.1, 0.15) is 12.3 Å². The predicted molar refractivity (Wildman–Crippen MR) is 102 cm³/mol. The number of carbonyl (C=O) groups is 1. The summed E-state index contributed by atoms with van der Waals surface area (Å²) in [4.78, 5) is 16.7. The summed E-state index contributed by atoms with van der Waals surface area (Å²) in [6.45, 7) is 0.169. The molecule has 4 rings (SSSR count). The van der Waals surface area contributed by atoms with Gasteiger partial charge in [-0.2, -0.15) is 0 Å². The number of aromatic nitrogens is 1. The number of carbonyl (C=O) groups excluding carboxylic acids is 1. The molecule has 1 atom stereocenters. The van der Waals surface area contributed by atoms with Crippen LogP contribution in [0.5, 0.6) is 11.5 Å². The molecule has 27 heavy (non-hydrogen) atoms. The van der Waals surface area contributed by atoms with Crippen molar-refractivity contribution >= 4 is 11.6 Å². The summed E-state index contributed by atoms with van der Waals surface area (Å²) in [7, 11) is 0. The van der Waals surface area contributed by atoms with Crippen LogP contribution in [0.3, 0.4) is 0 Å². The summed E-state index contributed by atoms with van der Waals surface area (Å²) in [6, 6.07) is 20.2. The van der Waals surface area contributed by atoms with Crippen molar-refractivity contribution in [1.29, 1.82) is 0 Å². The van der Waals surface area contributed by atoms with E-state index in [1.165, 1.54) is 0 Å². The van der Waals surface area contributed by atoms with E-state index in [0.29, 0.717) is 22.9 Å². The Morgan fingerprint density at radius 3 is 2.70 bits per heavy atom. The molecule has 132 valence electrons. The van der Waals surface area contributed by atoms with Crippen molar-refractivity contribution in [2.45, 2.75) is 6.10 Å². The van der Waals surface area contributed by atoms with Crippen LogP contribution in [0.25, 0.3) is 0 Å². The quantitative estimate of drug-likeness (QED) is 0.716. The molecule has 2 heterocycles. The Balaban J connectivity index is 1.44. The number of nitrogens with zero attached hydrogens (tertiary/aromatic N) is 1. The summed E-state index contributed by atoms with van der Waals surface area (Å²) >= 11 is 0. The first-order chi connectivity index (χ1) is 13.3. The SMILES string of the molecule is O=C(Nc1cccc(C#Cc2ccccn2)c1)C1COc2ccccc2O1. The Bertz CT molecular complexity index is 1020. The van der Waals surface area contributed by atoms with E-state index in [9.17, 15) is 4.79 Å². The lowest BCUT2D eigenvalue weighted by molar-refractivity contribution is -0.125. The third kappa shape index (κ3) is 4.07. The molecule has 2 aromatic carbocycles. The molecule has 0 bridgehead atoms. The van der Waals surface area contributed by atoms with Gasteiger partial charge in [0, 0.05) is 17.4 Å². The molecule has 1 aromatic heterocycles. The van der Waals surface area contributed by atoms with E-state index in [2.05, 4.69) is 22.1 Å². The zero-order valence-electron chi connectivity index (χ0n) is 14.4. The fourth-order valence-electron chi connectivity index (χ4n) is 2.62. The topological polar surface area (TPSA) is 60.5 Å². The first-order valence-electron chi connectivity index (χ1n) is 8.50. The van der Waals surface area contributed by atoms with Crippen LogP contribution < -0.4 is 14.8 Å². The average molecular weight is 356 g/mol. The van der Waals surface area contributed by atoms with Crippen LogP contribution in [0.15, 0.2) is 72.9 Å². The number of hydrogen-bond acceptors (Lipinski definition) is 4. The number of rotatable bonds is 2. The van der Waals surface area contributed by atoms with Crippen molar-refractivity contribution in [3.8, 4) is 23.3 Å². The molecular weight excluding hydrogens is 340 g/mol. The average Bonchev–Trinajstić information content (AvgIpc) is 2.73. The second kappa shape index (κ2) is 7.63. The third-order valence-electron chi connectivity index (χ3n) is 3.93. The lowest BCUT2D eigenvalue weighted by atomic mass is 10.2. The molecule has 0 aliphatic carbocycles. The highest BCUT2D eigenvalue weighted by Crippen LogP contribution is 2.31. The van der Waals surface area contributed by atoms with Crippen LogP contribution >= 0.6 is 0 Å². The largest absolute Gasteiger partial charge is 0.485 e. The third-order valence-corrected chi connectivity index (χ3v) is 3.93. The molecule has 3 aromatic rings. The molecule has 5 nitrogen and oxygen atoms in total. The number of pyridine rings is 1. The number of amides is 1. The van der Waals surface area contributed by atoms with Gasteiger partial charge in [-0.05, 0) is 48.4 Å². The van der Waals surface area contributed by atoms with Gasteiger partial charge < -0.3 is 14.8 Å². The van der Waals surface area contributed by atoms with Gasteiger partial charge in [-0.15, -0.1) is 0 Å². The Hall–Kier alpha value is -3.78. The van der Waals surface area contributed by atoms with E-state index in [1.54, 1.807) is 12.3 Å². The fourth-order valence-corrected chi connectivity index (χ4v) is 2.62. The maximum absolute atomic E-state index is 12.5. The van der Waals surface area contributed by atoms with E-state index in [4.69, 9.17) is 9.47 Å². The summed E-state index contributed by atoms with van der Waals surface area (Å²) in [6.07, 6.45) is 0.994. The fraction of sp³-hybridized carbons (Fsp3) is 0.0909. The Morgan fingerprint density at radius 2 is 1.85 bits per heavy atom. The Kier molecular flexibility index (Phi) is 4.71. The smallest absolute Gasteiger partial charge is 0.269 e. The molecule has 1 N–H and O–H groups in total. The Labute approximate surface area is 157 Å². The molecule has 0 fully saturated rings. The van der Waals surface area contributed by atoms with Crippen molar-refractivity contribution in [1.82, 2.24) is 4.98 Å². The maximum Gasteiger partial charge on any atom is 0.269 e. The lowest BCUT2D eigenvalue weighted by Crippen LogP contribution is -2.40. The van der Waals surface area contributed by atoms with E-state index >= 15 is 0 Å². The highest BCUT2D eigenvalue weighted by molar-refractivity contribution is 5.94. The van der Waals surface area contributed by atoms with Crippen LogP contribution in [0, 0.1) is 11.8 Å². The van der Waals surface area contributed by atoms with E-state index < -0.39 is 6.10 Å². The minimum absolute atomic E-state index is 0.169. The molecule has 5 heteroatoms. The zero-order valence-corrected chi connectivity index (χ0v) is 14.4. The van der Waals surface area contributed by atoms with E-state index in [0.717, 1.165) is 5.56 Å². The van der Waals surface area contributed by atoms with E-state index in [-0.39, 0.29) is 12.5 Å². The summed E-state index contributed by atoms with van der Waals surface area (Å²) in [5.41, 5.74) is 2.12. The molecule has 1 amide bonds. The van der Waals surface area contributed by atoms with Crippen molar-refractivity contribution < 1.29 is 14.3 Å². The van der Waals surface area contributed by atoms with Crippen LogP contribution in [0.1, 0.15) is 11.3 Å². The number of para-hydroxylation sites is 2. The Morgan fingerprint density at radius 1 is 1.00 bits per heavy atom. The summed E-state index contributed by atoms with van der Waals surface area (Å²) in [5.74, 6) is 7.00. The minimum Gasteiger partial charge on any atom is -0.485 e. The summed E-state index contributed by atoms with van der Waals surface area (Å²) < 4.78 is 11.3. The lowest BCUT2D eigenvalue weighted by Gasteiger charge is -2.25. The van der Waals surface area contributed by atoms with Gasteiger partial charge in [0.25, 0.3) is 5.91 Å². The molecule has 1 aliphatic rings. The van der Waals surface area contributed by atoms with Crippen molar-refractivity contribution in [3.63, 3.8) is 0 Å². The van der Waals surface area contributed by atoms with Gasteiger partial charge >= 0.3 is 0 Å². The monoisotopic (exact) mass is 356 g/mol. The molecule has 1 aliphatic heterocycles. The molecule has 1 unspecified atom stereocenters. The van der Waals surface area contributed by atoms with Gasteiger partial charge in [0.2, 0.25) is 6.10 Å². The number of hydrogen-bond donors (Lipinski definition) is 1. The zero-order chi connectivity index (χ0) is 18.5. The van der Waals surface area contributed by atoms with Gasteiger partial charge in [-0.25, -0.2) is 4.98 Å².